The molecule has 6 nitrogen and oxygen atoms in total. The Bertz CT molecular complexity index is 427. The Morgan fingerprint density at radius 3 is 2.47 bits per heavy atom. The average Bonchev–Trinajstić information content (AvgIpc) is 2.53. The third-order valence-corrected chi connectivity index (χ3v) is 4.97. The maximum Gasteiger partial charge on any atom is 0.230 e. The van der Waals surface area contributed by atoms with Crippen molar-refractivity contribution in [3.8, 4) is 6.07 Å². The van der Waals surface area contributed by atoms with Crippen LogP contribution in [0.15, 0.2) is 0 Å². The lowest BCUT2D eigenvalue weighted by Crippen LogP contribution is -2.40. The van der Waals surface area contributed by atoms with E-state index in [2.05, 4.69) is 0 Å². The fourth-order valence-electron chi connectivity index (χ4n) is 1.75. The Balaban J connectivity index is 2.76. The summed E-state index contributed by atoms with van der Waals surface area (Å²) >= 11 is 0. The van der Waals surface area contributed by atoms with Crippen molar-refractivity contribution in [2.24, 2.45) is 0 Å². The van der Waals surface area contributed by atoms with Crippen LogP contribution in [0.2, 0.25) is 0 Å². The van der Waals surface area contributed by atoms with Crippen molar-refractivity contribution < 1.29 is 13.2 Å². The van der Waals surface area contributed by atoms with Crippen LogP contribution in [0.5, 0.6) is 0 Å². The van der Waals surface area contributed by atoms with Crippen LogP contribution < -0.4 is 0 Å². The highest BCUT2D eigenvalue weighted by molar-refractivity contribution is 7.89. The van der Waals surface area contributed by atoms with E-state index in [1.165, 1.54) is 18.2 Å². The standard InChI is InChI=1S/C10H17N3O3S/c1-9(8-11)17(15,16)13-5-3-4-12(6-7-13)10(2)14/h9H,3-7H2,1-2H3. The van der Waals surface area contributed by atoms with Gasteiger partial charge in [-0.05, 0) is 13.3 Å². The molecule has 7 heteroatoms. The number of nitrogens with zero attached hydrogens (tertiary/aromatic N) is 3. The van der Waals surface area contributed by atoms with E-state index in [9.17, 15) is 13.2 Å². The van der Waals surface area contributed by atoms with Gasteiger partial charge in [0, 0.05) is 33.1 Å². The summed E-state index contributed by atoms with van der Waals surface area (Å²) in [7, 11) is -3.55. The van der Waals surface area contributed by atoms with Gasteiger partial charge in [0.25, 0.3) is 0 Å². The molecule has 0 radical (unpaired) electrons. The van der Waals surface area contributed by atoms with Gasteiger partial charge in [-0.15, -0.1) is 0 Å². The molecule has 1 atom stereocenters. The monoisotopic (exact) mass is 259 g/mol. The molecule has 0 spiro atoms. The third-order valence-electron chi connectivity index (χ3n) is 2.89. The van der Waals surface area contributed by atoms with Gasteiger partial charge in [-0.2, -0.15) is 9.57 Å². The summed E-state index contributed by atoms with van der Waals surface area (Å²) in [6.07, 6.45) is 0.608. The number of nitriles is 1. The zero-order valence-electron chi connectivity index (χ0n) is 10.1. The molecule has 1 amide bonds. The Hall–Kier alpha value is -1.13. The molecule has 1 unspecified atom stereocenters. The van der Waals surface area contributed by atoms with Crippen molar-refractivity contribution in [2.45, 2.75) is 25.5 Å². The molecular formula is C10H17N3O3S. The van der Waals surface area contributed by atoms with E-state index < -0.39 is 15.3 Å². The first-order chi connectivity index (χ1) is 7.89. The lowest BCUT2D eigenvalue weighted by Gasteiger charge is -2.21. The van der Waals surface area contributed by atoms with Gasteiger partial charge in [0.15, 0.2) is 5.25 Å². The molecular weight excluding hydrogens is 242 g/mol. The predicted octanol–water partition coefficient (Wildman–Crippen LogP) is -0.218. The number of amides is 1. The lowest BCUT2D eigenvalue weighted by atomic mass is 10.4. The van der Waals surface area contributed by atoms with Crippen molar-refractivity contribution in [2.75, 3.05) is 26.2 Å². The van der Waals surface area contributed by atoms with Crippen LogP contribution in [0.3, 0.4) is 0 Å². The second-order valence-corrected chi connectivity index (χ2v) is 6.33. The highest BCUT2D eigenvalue weighted by Crippen LogP contribution is 2.12. The van der Waals surface area contributed by atoms with Gasteiger partial charge in [-0.1, -0.05) is 0 Å². The second kappa shape index (κ2) is 5.47. The van der Waals surface area contributed by atoms with Gasteiger partial charge < -0.3 is 4.90 Å². The van der Waals surface area contributed by atoms with E-state index in [1.807, 2.05) is 0 Å². The molecule has 0 aromatic rings. The Morgan fingerprint density at radius 1 is 1.29 bits per heavy atom. The third kappa shape index (κ3) is 3.17. The van der Waals surface area contributed by atoms with Gasteiger partial charge >= 0.3 is 0 Å². The first-order valence-electron chi connectivity index (χ1n) is 5.53. The van der Waals surface area contributed by atoms with Gasteiger partial charge in [-0.25, -0.2) is 8.42 Å². The van der Waals surface area contributed by atoms with E-state index >= 15 is 0 Å². The molecule has 96 valence electrons. The number of sulfonamides is 1. The van der Waals surface area contributed by atoms with Crippen LogP contribution in [0, 0.1) is 11.3 Å². The first kappa shape index (κ1) is 13.9. The maximum atomic E-state index is 11.9. The largest absolute Gasteiger partial charge is 0.342 e. The van der Waals surface area contributed by atoms with Crippen LogP contribution in [-0.2, 0) is 14.8 Å². The molecule has 1 aliphatic heterocycles. The zero-order chi connectivity index (χ0) is 13.1. The van der Waals surface area contributed by atoms with Crippen LogP contribution in [0.1, 0.15) is 20.3 Å². The Kier molecular flexibility index (Phi) is 4.48. The van der Waals surface area contributed by atoms with E-state index in [0.717, 1.165) is 0 Å². The molecule has 1 rings (SSSR count). The zero-order valence-corrected chi connectivity index (χ0v) is 10.9. The Labute approximate surface area is 102 Å². The molecule has 1 fully saturated rings. The quantitative estimate of drug-likeness (QED) is 0.686. The SMILES string of the molecule is CC(=O)N1CCCN(S(=O)(=O)C(C)C#N)CC1. The van der Waals surface area contributed by atoms with Crippen LogP contribution in [0.4, 0.5) is 0 Å². The summed E-state index contributed by atoms with van der Waals surface area (Å²) in [4.78, 5) is 12.8. The van der Waals surface area contributed by atoms with E-state index in [-0.39, 0.29) is 12.5 Å². The van der Waals surface area contributed by atoms with Crippen LogP contribution >= 0.6 is 0 Å². The average molecular weight is 259 g/mol. The predicted molar refractivity (Wildman–Crippen MR) is 62.4 cm³/mol. The van der Waals surface area contributed by atoms with Crippen molar-refractivity contribution >= 4 is 15.9 Å². The lowest BCUT2D eigenvalue weighted by molar-refractivity contribution is -0.128. The molecule has 0 saturated carbocycles. The Morgan fingerprint density at radius 2 is 1.94 bits per heavy atom. The smallest absolute Gasteiger partial charge is 0.230 e. The van der Waals surface area contributed by atoms with E-state index in [1.54, 1.807) is 11.0 Å². The fraction of sp³-hybridized carbons (Fsp3) is 0.800. The number of hydrogen-bond donors (Lipinski definition) is 0. The fourth-order valence-corrected chi connectivity index (χ4v) is 3.05. The number of hydrogen-bond acceptors (Lipinski definition) is 4. The van der Waals surface area contributed by atoms with Gasteiger partial charge in [0.2, 0.25) is 15.9 Å². The molecule has 0 aromatic carbocycles. The minimum absolute atomic E-state index is 0.0439. The molecule has 0 bridgehead atoms. The summed E-state index contributed by atoms with van der Waals surface area (Å²) in [6, 6.07) is 1.75. The van der Waals surface area contributed by atoms with E-state index in [0.29, 0.717) is 26.1 Å². The molecule has 0 N–H and O–H groups in total. The summed E-state index contributed by atoms with van der Waals surface area (Å²) in [5.41, 5.74) is 0. The number of rotatable bonds is 2. The molecule has 17 heavy (non-hydrogen) atoms. The normalized spacial score (nSPS) is 20.4. The summed E-state index contributed by atoms with van der Waals surface area (Å²) in [5.74, 6) is -0.0439. The highest BCUT2D eigenvalue weighted by atomic mass is 32.2. The number of carbonyl (C=O) groups is 1. The van der Waals surface area contributed by atoms with Crippen molar-refractivity contribution in [1.29, 1.82) is 5.26 Å². The molecule has 1 heterocycles. The van der Waals surface area contributed by atoms with E-state index in [4.69, 9.17) is 5.26 Å². The van der Waals surface area contributed by atoms with Crippen LogP contribution in [0.25, 0.3) is 0 Å². The van der Waals surface area contributed by atoms with Gasteiger partial charge in [-0.3, -0.25) is 4.79 Å². The molecule has 0 aromatic heterocycles. The number of carbonyl (C=O) groups excluding carboxylic acids is 1. The molecule has 1 saturated heterocycles. The second-order valence-electron chi connectivity index (χ2n) is 4.07. The van der Waals surface area contributed by atoms with Gasteiger partial charge in [0.1, 0.15) is 0 Å². The van der Waals surface area contributed by atoms with Crippen molar-refractivity contribution in [3.05, 3.63) is 0 Å². The molecule has 0 aliphatic carbocycles. The van der Waals surface area contributed by atoms with Gasteiger partial charge in [0.05, 0.1) is 6.07 Å². The summed E-state index contributed by atoms with van der Waals surface area (Å²) in [6.45, 7) is 4.46. The minimum atomic E-state index is -3.55. The molecule has 1 aliphatic rings. The summed E-state index contributed by atoms with van der Waals surface area (Å²) < 4.78 is 25.2. The van der Waals surface area contributed by atoms with Crippen LogP contribution in [-0.4, -0.2) is 55.0 Å². The highest BCUT2D eigenvalue weighted by Gasteiger charge is 2.30. The topological polar surface area (TPSA) is 81.5 Å². The minimum Gasteiger partial charge on any atom is -0.342 e. The van der Waals surface area contributed by atoms with Crippen molar-refractivity contribution in [3.63, 3.8) is 0 Å². The summed E-state index contributed by atoms with van der Waals surface area (Å²) in [5, 5.41) is 7.66. The maximum absolute atomic E-state index is 11.9. The first-order valence-corrected chi connectivity index (χ1v) is 7.04. The van der Waals surface area contributed by atoms with Crippen molar-refractivity contribution in [1.82, 2.24) is 9.21 Å².